The molecule has 0 amide bonds. The molecule has 0 radical (unpaired) electrons. The highest BCUT2D eigenvalue weighted by atomic mass is 14.9. The van der Waals surface area contributed by atoms with E-state index in [1.807, 2.05) is 0 Å². The minimum absolute atomic E-state index is 0.672. The third-order valence-corrected chi connectivity index (χ3v) is 15.7. The fourth-order valence-electron chi connectivity index (χ4n) is 12.0. The number of nitrogens with zero attached hydrogens (tertiary/aromatic N) is 4. The van der Waals surface area contributed by atoms with E-state index in [9.17, 15) is 0 Å². The molecule has 0 saturated carbocycles. The van der Waals surface area contributed by atoms with E-state index in [1.54, 1.807) is 0 Å². The minimum Gasteiger partial charge on any atom is -0.228 e. The van der Waals surface area contributed by atoms with Crippen LogP contribution in [0.15, 0.2) is 279 Å². The number of hydrogen-bond donors (Lipinski definition) is 0. The largest absolute Gasteiger partial charge is 0.228 e. The molecule has 2 aromatic heterocycles. The Morgan fingerprint density at radius 2 is 0.610 bits per heavy atom. The Morgan fingerprint density at radius 1 is 0.234 bits per heavy atom. The van der Waals surface area contributed by atoms with Gasteiger partial charge in [-0.1, -0.05) is 231 Å². The molecule has 0 N–H and O–H groups in total. The van der Waals surface area contributed by atoms with Gasteiger partial charge in [0.05, 0.1) is 27.8 Å². The summed E-state index contributed by atoms with van der Waals surface area (Å²) in [5.74, 6) is 1.34. The maximum atomic E-state index is 5.51. The second-order valence-corrected chi connectivity index (χ2v) is 20.1. The Bertz CT molecular complexity index is 4340. The zero-order chi connectivity index (χ0) is 50.9. The fourth-order valence-corrected chi connectivity index (χ4v) is 12.0. The van der Waals surface area contributed by atoms with Crippen LogP contribution in [0.4, 0.5) is 0 Å². The van der Waals surface area contributed by atoms with Gasteiger partial charge in [0.25, 0.3) is 0 Å². The molecular formula is C73H46N4. The molecule has 0 unspecified atom stereocenters. The summed E-state index contributed by atoms with van der Waals surface area (Å²) in [6.45, 7) is 0. The number of benzene rings is 12. The molecule has 2 heterocycles. The predicted molar refractivity (Wildman–Crippen MR) is 318 cm³/mol. The third kappa shape index (κ3) is 7.45. The highest BCUT2D eigenvalue weighted by molar-refractivity contribution is 5.98. The molecule has 0 atom stereocenters. The van der Waals surface area contributed by atoms with Crippen LogP contribution in [0.25, 0.3) is 122 Å². The first-order valence-corrected chi connectivity index (χ1v) is 26.3. The second-order valence-electron chi connectivity index (χ2n) is 20.1. The predicted octanol–water partition coefficient (Wildman–Crippen LogP) is 18.2. The highest BCUT2D eigenvalue weighted by Crippen LogP contribution is 2.57. The van der Waals surface area contributed by atoms with Crippen LogP contribution in [0.2, 0.25) is 0 Å². The molecule has 1 aliphatic rings. The summed E-state index contributed by atoms with van der Waals surface area (Å²) < 4.78 is 0. The lowest BCUT2D eigenvalue weighted by atomic mass is 9.67. The molecule has 14 aromatic rings. The molecule has 77 heavy (non-hydrogen) atoms. The quantitative estimate of drug-likeness (QED) is 0.152. The highest BCUT2D eigenvalue weighted by Gasteiger charge is 2.46. The van der Waals surface area contributed by atoms with Gasteiger partial charge in [-0.15, -0.1) is 0 Å². The van der Waals surface area contributed by atoms with Crippen molar-refractivity contribution in [2.75, 3.05) is 0 Å². The average molecular weight is 979 g/mol. The molecule has 0 spiro atoms. The SMILES string of the molecule is c1ccc(C2(c3ccccc3)c3cc(-c4nc(-c5cccc(-c6ccc7ccccc7c6)c5)c5ccccc5n4)ccc3-c3ccc(-c4nc(-c5cccc(-c6ccc7ccccc7c6)c5)c5ccccc5n4)cc32)cc1. The van der Waals surface area contributed by atoms with Gasteiger partial charge in [-0.05, 0) is 126 Å². The zero-order valence-electron chi connectivity index (χ0n) is 41.8. The van der Waals surface area contributed by atoms with Crippen LogP contribution in [0.3, 0.4) is 0 Å². The van der Waals surface area contributed by atoms with E-state index in [0.717, 1.165) is 88.8 Å². The van der Waals surface area contributed by atoms with Crippen molar-refractivity contribution in [2.45, 2.75) is 5.41 Å². The molecular weight excluding hydrogens is 933 g/mol. The molecule has 15 rings (SSSR count). The Morgan fingerprint density at radius 3 is 1.08 bits per heavy atom. The van der Waals surface area contributed by atoms with Crippen molar-refractivity contribution in [1.82, 2.24) is 19.9 Å². The van der Waals surface area contributed by atoms with Crippen molar-refractivity contribution in [3.8, 4) is 78.7 Å². The van der Waals surface area contributed by atoms with E-state index in [1.165, 1.54) is 43.8 Å². The molecule has 358 valence electrons. The van der Waals surface area contributed by atoms with Crippen molar-refractivity contribution in [1.29, 1.82) is 0 Å². The van der Waals surface area contributed by atoms with E-state index < -0.39 is 5.41 Å². The molecule has 4 heteroatoms. The Kier molecular flexibility index (Phi) is 10.4. The van der Waals surface area contributed by atoms with Crippen LogP contribution in [0.5, 0.6) is 0 Å². The first-order chi connectivity index (χ1) is 38.1. The maximum Gasteiger partial charge on any atom is 0.160 e. The van der Waals surface area contributed by atoms with Crippen molar-refractivity contribution in [3.05, 3.63) is 301 Å². The van der Waals surface area contributed by atoms with E-state index in [4.69, 9.17) is 19.9 Å². The van der Waals surface area contributed by atoms with E-state index in [2.05, 4.69) is 279 Å². The van der Waals surface area contributed by atoms with Gasteiger partial charge in [0, 0.05) is 33.0 Å². The van der Waals surface area contributed by atoms with Gasteiger partial charge in [0.1, 0.15) is 0 Å². The van der Waals surface area contributed by atoms with E-state index in [-0.39, 0.29) is 0 Å². The topological polar surface area (TPSA) is 51.6 Å². The number of aromatic nitrogens is 4. The lowest BCUT2D eigenvalue weighted by Gasteiger charge is -2.34. The molecule has 0 bridgehead atoms. The van der Waals surface area contributed by atoms with Gasteiger partial charge < -0.3 is 0 Å². The molecule has 4 nitrogen and oxygen atoms in total. The Hall–Kier alpha value is -10.2. The zero-order valence-corrected chi connectivity index (χ0v) is 41.8. The number of para-hydroxylation sites is 2. The Balaban J connectivity index is 0.890. The first-order valence-electron chi connectivity index (χ1n) is 26.3. The number of fused-ring (bicyclic) bond motifs is 7. The first kappa shape index (κ1) is 44.3. The van der Waals surface area contributed by atoms with Crippen LogP contribution in [0.1, 0.15) is 22.3 Å². The van der Waals surface area contributed by atoms with Crippen molar-refractivity contribution in [3.63, 3.8) is 0 Å². The normalized spacial score (nSPS) is 12.5. The molecule has 0 fully saturated rings. The van der Waals surface area contributed by atoms with Crippen LogP contribution >= 0.6 is 0 Å². The van der Waals surface area contributed by atoms with E-state index in [0.29, 0.717) is 11.6 Å². The summed E-state index contributed by atoms with van der Waals surface area (Å²) in [6.07, 6.45) is 0. The summed E-state index contributed by atoms with van der Waals surface area (Å²) in [5.41, 5.74) is 18.4. The minimum atomic E-state index is -0.721. The maximum absolute atomic E-state index is 5.51. The van der Waals surface area contributed by atoms with Gasteiger partial charge in [-0.25, -0.2) is 19.9 Å². The van der Waals surface area contributed by atoms with Gasteiger partial charge in [0.2, 0.25) is 0 Å². The van der Waals surface area contributed by atoms with Crippen LogP contribution in [-0.2, 0) is 5.41 Å². The molecule has 1 aliphatic carbocycles. The standard InChI is InChI=1S/C73H46N4/c1-3-25-59(26-4-1)73(60-27-5-2-6-28-60)65-45-57(71-74-67-31-13-11-29-63(67)69(76-71)55-23-15-21-51(43-55)53-35-33-47-17-7-9-19-49(47)41-53)37-39-61(65)62-40-38-58(46-66(62)73)72-75-68-32-14-12-30-64(68)70(77-72)56-24-16-22-52(44-56)54-36-34-48-18-8-10-20-50(48)42-54/h1-46H. The Labute approximate surface area is 446 Å². The van der Waals surface area contributed by atoms with Crippen LogP contribution < -0.4 is 0 Å². The van der Waals surface area contributed by atoms with E-state index >= 15 is 0 Å². The van der Waals surface area contributed by atoms with Gasteiger partial charge in [-0.2, -0.15) is 0 Å². The summed E-state index contributed by atoms with van der Waals surface area (Å²) in [4.78, 5) is 21.7. The molecule has 0 aliphatic heterocycles. The van der Waals surface area contributed by atoms with Crippen LogP contribution in [0, 0.1) is 0 Å². The molecule has 12 aromatic carbocycles. The molecule has 0 saturated heterocycles. The van der Waals surface area contributed by atoms with Crippen LogP contribution in [-0.4, -0.2) is 19.9 Å². The summed E-state index contributed by atoms with van der Waals surface area (Å²) in [5, 5.41) is 6.90. The van der Waals surface area contributed by atoms with Gasteiger partial charge >= 0.3 is 0 Å². The van der Waals surface area contributed by atoms with Gasteiger partial charge in [-0.3, -0.25) is 0 Å². The third-order valence-electron chi connectivity index (χ3n) is 15.7. The monoisotopic (exact) mass is 978 g/mol. The summed E-state index contributed by atoms with van der Waals surface area (Å²) in [6, 6.07) is 100. The summed E-state index contributed by atoms with van der Waals surface area (Å²) >= 11 is 0. The lowest BCUT2D eigenvalue weighted by molar-refractivity contribution is 0.768. The van der Waals surface area contributed by atoms with Crippen molar-refractivity contribution in [2.24, 2.45) is 0 Å². The number of hydrogen-bond acceptors (Lipinski definition) is 4. The van der Waals surface area contributed by atoms with Gasteiger partial charge in [0.15, 0.2) is 11.6 Å². The average Bonchev–Trinajstić information content (AvgIpc) is 4.02. The second kappa shape index (κ2) is 18.0. The summed E-state index contributed by atoms with van der Waals surface area (Å²) in [7, 11) is 0. The lowest BCUT2D eigenvalue weighted by Crippen LogP contribution is -2.28. The smallest absolute Gasteiger partial charge is 0.160 e. The van der Waals surface area contributed by atoms with Crippen molar-refractivity contribution < 1.29 is 0 Å². The van der Waals surface area contributed by atoms with Crippen molar-refractivity contribution >= 4 is 43.4 Å². The number of rotatable bonds is 8. The fraction of sp³-hybridized carbons (Fsp3) is 0.0137.